The summed E-state index contributed by atoms with van der Waals surface area (Å²) in [6, 6.07) is 4.81. The van der Waals surface area contributed by atoms with Gasteiger partial charge in [0, 0.05) is 57.7 Å². The minimum atomic E-state index is -0.399. The average Bonchev–Trinajstić information content (AvgIpc) is 2.68. The van der Waals surface area contributed by atoms with E-state index in [1.54, 1.807) is 16.7 Å². The Morgan fingerprint density at radius 1 is 1.25 bits per heavy atom. The van der Waals surface area contributed by atoms with Gasteiger partial charge in [0.25, 0.3) is 0 Å². The second kappa shape index (κ2) is 8.21. The highest BCUT2D eigenvalue weighted by Gasteiger charge is 2.22. The second-order valence-electron chi connectivity index (χ2n) is 6.84. The van der Waals surface area contributed by atoms with Gasteiger partial charge in [-0.2, -0.15) is 5.26 Å². The van der Waals surface area contributed by atoms with Gasteiger partial charge in [0.15, 0.2) is 0 Å². The van der Waals surface area contributed by atoms with E-state index in [-0.39, 0.29) is 18.2 Å². The van der Waals surface area contributed by atoms with Crippen LogP contribution in [0.1, 0.15) is 24.5 Å². The van der Waals surface area contributed by atoms with Gasteiger partial charge < -0.3 is 15.1 Å². The Balaban J connectivity index is 1.68. The summed E-state index contributed by atoms with van der Waals surface area (Å²) in [7, 11) is 0. The summed E-state index contributed by atoms with van der Waals surface area (Å²) in [6.07, 6.45) is 1.70. The third kappa shape index (κ3) is 4.03. The molecule has 0 saturated carbocycles. The molecule has 0 aliphatic carbocycles. The number of rotatable bonds is 4. The van der Waals surface area contributed by atoms with Crippen LogP contribution in [0.3, 0.4) is 0 Å². The first-order chi connectivity index (χ1) is 13.4. The number of fused-ring (bicyclic) bond motifs is 1. The van der Waals surface area contributed by atoms with Gasteiger partial charge in [0.1, 0.15) is 11.9 Å². The number of nitriles is 1. The molecule has 1 saturated heterocycles. The van der Waals surface area contributed by atoms with E-state index >= 15 is 0 Å². The number of nitrogens with zero attached hydrogens (tertiary/aromatic N) is 4. The minimum absolute atomic E-state index is 0.0184. The molecule has 146 valence electrons. The molecule has 1 fully saturated rings. The fourth-order valence-electron chi connectivity index (χ4n) is 3.43. The van der Waals surface area contributed by atoms with Crippen molar-refractivity contribution in [1.29, 1.82) is 5.26 Å². The summed E-state index contributed by atoms with van der Waals surface area (Å²) in [5.74, 6) is -0.399. The molecule has 1 aromatic carbocycles. The molecule has 1 aliphatic rings. The van der Waals surface area contributed by atoms with Gasteiger partial charge in [0.05, 0.1) is 16.8 Å². The molecule has 2 heterocycles. The molecule has 2 amide bonds. The van der Waals surface area contributed by atoms with Crippen LogP contribution in [0.25, 0.3) is 10.9 Å². The summed E-state index contributed by atoms with van der Waals surface area (Å²) in [4.78, 5) is 31.5. The van der Waals surface area contributed by atoms with E-state index in [4.69, 9.17) is 0 Å². The van der Waals surface area contributed by atoms with Crippen molar-refractivity contribution < 1.29 is 14.0 Å². The van der Waals surface area contributed by atoms with Crippen LogP contribution in [0.4, 0.5) is 10.1 Å². The zero-order valence-corrected chi connectivity index (χ0v) is 16.0. The van der Waals surface area contributed by atoms with E-state index in [1.165, 1.54) is 25.3 Å². The first kappa shape index (κ1) is 19.5. The standard InChI is InChI=1S/C20H22FN5O2/c1-13-9-16(21)10-17-19(13)24-12-15(11-22)20(17)23-4-3-18(28)26-7-5-25(6-8-26)14(2)27/h9-10,12H,3-8H2,1-2H3,(H,23,24). The Morgan fingerprint density at radius 3 is 2.57 bits per heavy atom. The predicted octanol–water partition coefficient (Wildman–Crippen LogP) is 2.05. The molecule has 1 aliphatic heterocycles. The first-order valence-corrected chi connectivity index (χ1v) is 9.17. The molecule has 3 rings (SSSR count). The molecule has 0 unspecified atom stereocenters. The van der Waals surface area contributed by atoms with Gasteiger partial charge in [-0.25, -0.2) is 4.39 Å². The lowest BCUT2D eigenvalue weighted by Gasteiger charge is -2.34. The second-order valence-corrected chi connectivity index (χ2v) is 6.84. The van der Waals surface area contributed by atoms with Crippen molar-refractivity contribution in [2.75, 3.05) is 38.0 Å². The number of benzene rings is 1. The summed E-state index contributed by atoms with van der Waals surface area (Å²) < 4.78 is 13.9. The Kier molecular flexibility index (Phi) is 5.73. The van der Waals surface area contributed by atoms with E-state index in [2.05, 4.69) is 16.4 Å². The molecule has 0 bridgehead atoms. The van der Waals surface area contributed by atoms with Crippen molar-refractivity contribution in [3.8, 4) is 6.07 Å². The number of piperazine rings is 1. The molecule has 1 aromatic heterocycles. The molecule has 2 aromatic rings. The van der Waals surface area contributed by atoms with E-state index in [1.807, 2.05) is 0 Å². The lowest BCUT2D eigenvalue weighted by molar-refractivity contribution is -0.138. The zero-order valence-electron chi connectivity index (χ0n) is 16.0. The van der Waals surface area contributed by atoms with E-state index in [0.717, 1.165) is 0 Å². The van der Waals surface area contributed by atoms with Crippen molar-refractivity contribution in [3.05, 3.63) is 35.3 Å². The summed E-state index contributed by atoms with van der Waals surface area (Å²) in [5.41, 5.74) is 2.10. The maximum atomic E-state index is 13.9. The van der Waals surface area contributed by atoms with Crippen LogP contribution in [0, 0.1) is 24.1 Å². The van der Waals surface area contributed by atoms with Crippen molar-refractivity contribution in [1.82, 2.24) is 14.8 Å². The van der Waals surface area contributed by atoms with E-state index in [9.17, 15) is 19.2 Å². The van der Waals surface area contributed by atoms with Crippen LogP contribution >= 0.6 is 0 Å². The third-order valence-corrected chi connectivity index (χ3v) is 4.97. The van der Waals surface area contributed by atoms with Gasteiger partial charge in [-0.3, -0.25) is 14.6 Å². The monoisotopic (exact) mass is 383 g/mol. The molecule has 8 heteroatoms. The highest BCUT2D eigenvalue weighted by atomic mass is 19.1. The van der Waals surface area contributed by atoms with Crippen LogP contribution in [0.15, 0.2) is 18.3 Å². The number of hydrogen-bond donors (Lipinski definition) is 1. The lowest BCUT2D eigenvalue weighted by atomic mass is 10.1. The molecule has 0 spiro atoms. The number of amides is 2. The first-order valence-electron chi connectivity index (χ1n) is 9.17. The Hall–Kier alpha value is -3.21. The van der Waals surface area contributed by atoms with Crippen LogP contribution < -0.4 is 5.32 Å². The van der Waals surface area contributed by atoms with Gasteiger partial charge in [-0.05, 0) is 24.6 Å². The number of nitrogens with one attached hydrogen (secondary N) is 1. The zero-order chi connectivity index (χ0) is 20.3. The number of anilines is 1. The maximum absolute atomic E-state index is 13.9. The molecular weight excluding hydrogens is 361 g/mol. The van der Waals surface area contributed by atoms with Gasteiger partial charge in [-0.1, -0.05) is 0 Å². The predicted molar refractivity (Wildman–Crippen MR) is 103 cm³/mol. The summed E-state index contributed by atoms with van der Waals surface area (Å²) >= 11 is 0. The molecule has 7 nitrogen and oxygen atoms in total. The minimum Gasteiger partial charge on any atom is -0.383 e. The fraction of sp³-hybridized carbons (Fsp3) is 0.400. The van der Waals surface area contributed by atoms with Crippen molar-refractivity contribution in [3.63, 3.8) is 0 Å². The highest BCUT2D eigenvalue weighted by molar-refractivity contribution is 5.95. The van der Waals surface area contributed by atoms with Gasteiger partial charge in [-0.15, -0.1) is 0 Å². The Bertz CT molecular complexity index is 961. The normalized spacial score (nSPS) is 14.1. The molecule has 1 N–H and O–H groups in total. The number of pyridine rings is 1. The van der Waals surface area contributed by atoms with Gasteiger partial charge in [0.2, 0.25) is 11.8 Å². The van der Waals surface area contributed by atoms with Crippen molar-refractivity contribution in [2.24, 2.45) is 0 Å². The number of carbonyl (C=O) groups is 2. The van der Waals surface area contributed by atoms with Crippen LogP contribution in [-0.2, 0) is 9.59 Å². The number of halogens is 1. The topological polar surface area (TPSA) is 89.3 Å². The van der Waals surface area contributed by atoms with E-state index < -0.39 is 5.82 Å². The average molecular weight is 383 g/mol. The maximum Gasteiger partial charge on any atom is 0.224 e. The Labute approximate surface area is 162 Å². The smallest absolute Gasteiger partial charge is 0.224 e. The SMILES string of the molecule is CC(=O)N1CCN(C(=O)CCNc2c(C#N)cnc3c(C)cc(F)cc23)CC1. The molecular formula is C20H22FN5O2. The number of aromatic nitrogens is 1. The summed E-state index contributed by atoms with van der Waals surface area (Å²) in [6.45, 7) is 5.72. The van der Waals surface area contributed by atoms with E-state index in [0.29, 0.717) is 60.4 Å². The van der Waals surface area contributed by atoms with Crippen LogP contribution in [0.2, 0.25) is 0 Å². The van der Waals surface area contributed by atoms with Crippen LogP contribution in [0.5, 0.6) is 0 Å². The quantitative estimate of drug-likeness (QED) is 0.873. The lowest BCUT2D eigenvalue weighted by Crippen LogP contribution is -2.50. The van der Waals surface area contributed by atoms with Crippen LogP contribution in [-0.4, -0.2) is 59.3 Å². The molecule has 0 atom stereocenters. The highest BCUT2D eigenvalue weighted by Crippen LogP contribution is 2.28. The largest absolute Gasteiger partial charge is 0.383 e. The Morgan fingerprint density at radius 2 is 1.93 bits per heavy atom. The number of carbonyl (C=O) groups excluding carboxylic acids is 2. The number of hydrogen-bond acceptors (Lipinski definition) is 5. The fourth-order valence-corrected chi connectivity index (χ4v) is 3.43. The summed E-state index contributed by atoms with van der Waals surface area (Å²) in [5, 5.41) is 13.0. The van der Waals surface area contributed by atoms with Crippen molar-refractivity contribution in [2.45, 2.75) is 20.3 Å². The number of aryl methyl sites for hydroxylation is 1. The third-order valence-electron chi connectivity index (χ3n) is 4.97. The van der Waals surface area contributed by atoms with Gasteiger partial charge >= 0.3 is 0 Å². The van der Waals surface area contributed by atoms with Crippen molar-refractivity contribution >= 4 is 28.4 Å². The molecule has 0 radical (unpaired) electrons. The molecule has 28 heavy (non-hydrogen) atoms.